The fraction of sp³-hybridized carbons (Fsp3) is 0.909. The second kappa shape index (κ2) is 3.78. The monoisotopic (exact) mass is 212 g/mol. The van der Waals surface area contributed by atoms with Crippen LogP contribution in [0.4, 0.5) is 0 Å². The predicted octanol–water partition coefficient (Wildman–Crippen LogP) is 2.19. The van der Waals surface area contributed by atoms with Crippen LogP contribution in [0.5, 0.6) is 0 Å². The number of hydrogen-bond acceptors (Lipinski definition) is 2. The van der Waals surface area contributed by atoms with Gasteiger partial charge in [0, 0.05) is 0 Å². The summed E-state index contributed by atoms with van der Waals surface area (Å²) in [6.45, 7) is 4.46. The zero-order valence-corrected chi connectivity index (χ0v) is 9.91. The lowest BCUT2D eigenvalue weighted by atomic mass is 9.89. The van der Waals surface area contributed by atoms with Crippen LogP contribution in [0.2, 0.25) is 0 Å². The van der Waals surface area contributed by atoms with Crippen LogP contribution >= 0.6 is 12.2 Å². The summed E-state index contributed by atoms with van der Waals surface area (Å²) in [7, 11) is 0. The number of hydrogen-bond donors (Lipinski definition) is 2. The molecule has 2 fully saturated rings. The molecule has 1 heterocycles. The Hall–Kier alpha value is -0.150. The van der Waals surface area contributed by atoms with Gasteiger partial charge in [0.1, 0.15) is 0 Å². The molecule has 2 rings (SSSR count). The lowest BCUT2D eigenvalue weighted by molar-refractivity contribution is 0.222. The molecule has 1 saturated heterocycles. The molecule has 0 aromatic heterocycles. The van der Waals surface area contributed by atoms with Crippen LogP contribution < -0.4 is 10.6 Å². The van der Waals surface area contributed by atoms with Crippen LogP contribution in [0.3, 0.4) is 0 Å². The Labute approximate surface area is 91.8 Å². The topological polar surface area (TPSA) is 24.1 Å². The highest BCUT2D eigenvalue weighted by Crippen LogP contribution is 2.30. The number of thiocarbonyl (C=S) groups is 1. The van der Waals surface area contributed by atoms with Crippen molar-refractivity contribution in [1.29, 1.82) is 0 Å². The van der Waals surface area contributed by atoms with Crippen LogP contribution in [0.15, 0.2) is 0 Å². The first-order chi connectivity index (χ1) is 6.63. The molecule has 2 N–H and O–H groups in total. The van der Waals surface area contributed by atoms with Gasteiger partial charge in [-0.3, -0.25) is 5.32 Å². The van der Waals surface area contributed by atoms with E-state index < -0.39 is 0 Å². The maximum Gasteiger partial charge on any atom is 0.0943 e. The Morgan fingerprint density at radius 3 is 2.43 bits per heavy atom. The molecule has 1 atom stereocenters. The van der Waals surface area contributed by atoms with Gasteiger partial charge in [0.15, 0.2) is 0 Å². The summed E-state index contributed by atoms with van der Waals surface area (Å²) in [4.78, 5) is 1.03. The molecular weight excluding hydrogens is 192 g/mol. The van der Waals surface area contributed by atoms with E-state index in [1.54, 1.807) is 0 Å². The van der Waals surface area contributed by atoms with E-state index in [1.165, 1.54) is 32.1 Å². The van der Waals surface area contributed by atoms with Crippen LogP contribution in [-0.4, -0.2) is 16.7 Å². The van der Waals surface area contributed by atoms with Crippen LogP contribution in [-0.2, 0) is 0 Å². The summed E-state index contributed by atoms with van der Waals surface area (Å²) in [6.07, 6.45) is 6.50. The Kier molecular flexibility index (Phi) is 2.80. The van der Waals surface area contributed by atoms with E-state index in [4.69, 9.17) is 12.2 Å². The Bertz CT molecular complexity index is 231. The van der Waals surface area contributed by atoms with Crippen LogP contribution in [0.25, 0.3) is 0 Å². The SMILES string of the molecule is CC(C)C1NC2(CCCCC2)NC1=S. The molecule has 0 aromatic rings. The molecule has 1 aliphatic heterocycles. The Morgan fingerprint density at radius 2 is 1.93 bits per heavy atom. The van der Waals surface area contributed by atoms with E-state index in [-0.39, 0.29) is 5.66 Å². The van der Waals surface area contributed by atoms with Gasteiger partial charge < -0.3 is 5.32 Å². The van der Waals surface area contributed by atoms with E-state index in [9.17, 15) is 0 Å². The van der Waals surface area contributed by atoms with Gasteiger partial charge in [0.25, 0.3) is 0 Å². The first kappa shape index (κ1) is 10.4. The first-order valence-electron chi connectivity index (χ1n) is 5.73. The van der Waals surface area contributed by atoms with Crippen molar-refractivity contribution in [2.45, 2.75) is 57.7 Å². The number of rotatable bonds is 1. The molecule has 0 amide bonds. The van der Waals surface area contributed by atoms with Gasteiger partial charge in [-0.05, 0) is 31.6 Å². The average molecular weight is 212 g/mol. The molecule has 0 bridgehead atoms. The normalized spacial score (nSPS) is 31.1. The van der Waals surface area contributed by atoms with Crippen molar-refractivity contribution in [1.82, 2.24) is 10.6 Å². The van der Waals surface area contributed by atoms with Crippen molar-refractivity contribution >= 4 is 17.2 Å². The second-order valence-electron chi connectivity index (χ2n) is 5.00. The highest BCUT2D eigenvalue weighted by molar-refractivity contribution is 7.80. The van der Waals surface area contributed by atoms with E-state index in [0.29, 0.717) is 12.0 Å². The minimum Gasteiger partial charge on any atom is -0.360 e. The zero-order chi connectivity index (χ0) is 10.2. The van der Waals surface area contributed by atoms with Gasteiger partial charge in [0.05, 0.1) is 16.7 Å². The third-order valence-electron chi connectivity index (χ3n) is 3.45. The van der Waals surface area contributed by atoms with Crippen molar-refractivity contribution in [3.8, 4) is 0 Å². The lowest BCUT2D eigenvalue weighted by Crippen LogP contribution is -2.52. The average Bonchev–Trinajstić information content (AvgIpc) is 2.44. The van der Waals surface area contributed by atoms with Gasteiger partial charge in [0.2, 0.25) is 0 Å². The third-order valence-corrected chi connectivity index (χ3v) is 3.81. The summed E-state index contributed by atoms with van der Waals surface area (Å²) < 4.78 is 0. The van der Waals surface area contributed by atoms with Gasteiger partial charge in [-0.25, -0.2) is 0 Å². The molecule has 2 nitrogen and oxygen atoms in total. The molecular formula is C11H20N2S. The molecule has 1 saturated carbocycles. The molecule has 14 heavy (non-hydrogen) atoms. The van der Waals surface area contributed by atoms with Gasteiger partial charge in [-0.15, -0.1) is 0 Å². The summed E-state index contributed by atoms with van der Waals surface area (Å²) in [5.74, 6) is 0.594. The quantitative estimate of drug-likeness (QED) is 0.652. The number of nitrogens with one attached hydrogen (secondary N) is 2. The van der Waals surface area contributed by atoms with Crippen LogP contribution in [0, 0.1) is 5.92 Å². The fourth-order valence-electron chi connectivity index (χ4n) is 2.61. The molecule has 2 aliphatic rings. The van der Waals surface area contributed by atoms with Crippen molar-refractivity contribution < 1.29 is 0 Å². The van der Waals surface area contributed by atoms with Gasteiger partial charge >= 0.3 is 0 Å². The van der Waals surface area contributed by atoms with Crippen molar-refractivity contribution in [2.24, 2.45) is 5.92 Å². The van der Waals surface area contributed by atoms with Crippen LogP contribution in [0.1, 0.15) is 46.0 Å². The van der Waals surface area contributed by atoms with E-state index in [0.717, 1.165) is 4.99 Å². The Morgan fingerprint density at radius 1 is 1.29 bits per heavy atom. The standard InChI is InChI=1S/C11H20N2S/c1-8(2)9-10(14)13-11(12-9)6-4-3-5-7-11/h8-9,12H,3-7H2,1-2H3,(H,13,14). The fourth-order valence-corrected chi connectivity index (χ4v) is 3.13. The van der Waals surface area contributed by atoms with Crippen molar-refractivity contribution in [3.05, 3.63) is 0 Å². The molecule has 3 heteroatoms. The largest absolute Gasteiger partial charge is 0.360 e. The lowest BCUT2D eigenvalue weighted by Gasteiger charge is -2.34. The smallest absolute Gasteiger partial charge is 0.0943 e. The highest BCUT2D eigenvalue weighted by atomic mass is 32.1. The van der Waals surface area contributed by atoms with E-state index in [1.807, 2.05) is 0 Å². The van der Waals surface area contributed by atoms with Crippen molar-refractivity contribution in [3.63, 3.8) is 0 Å². The minimum atomic E-state index is 0.157. The molecule has 1 spiro atoms. The molecule has 1 unspecified atom stereocenters. The maximum absolute atomic E-state index is 5.40. The molecule has 0 radical (unpaired) electrons. The third kappa shape index (κ3) is 1.80. The van der Waals surface area contributed by atoms with Gasteiger partial charge in [-0.2, -0.15) is 0 Å². The summed E-state index contributed by atoms with van der Waals surface area (Å²) in [6, 6.07) is 0.392. The minimum absolute atomic E-state index is 0.157. The zero-order valence-electron chi connectivity index (χ0n) is 9.10. The van der Waals surface area contributed by atoms with E-state index >= 15 is 0 Å². The summed E-state index contributed by atoms with van der Waals surface area (Å²) >= 11 is 5.40. The molecule has 0 aromatic carbocycles. The van der Waals surface area contributed by atoms with Gasteiger partial charge in [-0.1, -0.05) is 32.5 Å². The maximum atomic E-state index is 5.40. The predicted molar refractivity (Wildman–Crippen MR) is 63.3 cm³/mol. The molecule has 1 aliphatic carbocycles. The molecule has 80 valence electrons. The second-order valence-corrected chi connectivity index (χ2v) is 5.44. The summed E-state index contributed by atoms with van der Waals surface area (Å²) in [5, 5.41) is 7.22. The Balaban J connectivity index is 2.07. The van der Waals surface area contributed by atoms with Crippen molar-refractivity contribution in [2.75, 3.05) is 0 Å². The summed E-state index contributed by atoms with van der Waals surface area (Å²) in [5.41, 5.74) is 0.157. The highest BCUT2D eigenvalue weighted by Gasteiger charge is 2.42. The van der Waals surface area contributed by atoms with E-state index in [2.05, 4.69) is 24.5 Å². The first-order valence-corrected chi connectivity index (χ1v) is 6.13.